The molecule has 1 rings (SSSR count). The lowest BCUT2D eigenvalue weighted by atomic mass is 10.2. The molecule has 1 aromatic heterocycles. The van der Waals surface area contributed by atoms with Crippen molar-refractivity contribution in [2.75, 3.05) is 18.9 Å². The summed E-state index contributed by atoms with van der Waals surface area (Å²) in [5, 5.41) is 2.40. The number of carbonyl (C=O) groups is 3. The maximum absolute atomic E-state index is 11.9. The molecule has 6 heteroatoms. The van der Waals surface area contributed by atoms with Crippen LogP contribution < -0.4 is 5.32 Å². The van der Waals surface area contributed by atoms with E-state index in [2.05, 4.69) is 10.3 Å². The molecule has 0 spiro atoms. The number of likely N-dealkylation sites (N-methyl/N-ethyl adjacent to an activating group) is 1. The first kappa shape index (κ1) is 12.8. The summed E-state index contributed by atoms with van der Waals surface area (Å²) in [5.74, 6) is -0.412. The third-order valence-corrected chi connectivity index (χ3v) is 2.15. The summed E-state index contributed by atoms with van der Waals surface area (Å²) in [4.78, 5) is 38.0. The molecule has 6 nitrogen and oxygen atoms in total. The lowest BCUT2D eigenvalue weighted by Gasteiger charge is -2.15. The van der Waals surface area contributed by atoms with Crippen LogP contribution in [0.4, 0.5) is 5.69 Å². The van der Waals surface area contributed by atoms with Crippen molar-refractivity contribution in [2.45, 2.75) is 6.92 Å². The number of amides is 2. The van der Waals surface area contributed by atoms with Crippen molar-refractivity contribution in [1.82, 2.24) is 9.88 Å². The molecule has 0 saturated heterocycles. The summed E-state index contributed by atoms with van der Waals surface area (Å²) in [6.45, 7) is 1.72. The van der Waals surface area contributed by atoms with E-state index in [1.165, 1.54) is 11.9 Å². The molecular formula is C11H13N3O3. The van der Waals surface area contributed by atoms with Crippen LogP contribution in [0.5, 0.6) is 0 Å². The minimum absolute atomic E-state index is 0.0189. The van der Waals surface area contributed by atoms with E-state index in [1.54, 1.807) is 19.1 Å². The van der Waals surface area contributed by atoms with Gasteiger partial charge in [0.1, 0.15) is 6.29 Å². The van der Waals surface area contributed by atoms with Crippen LogP contribution in [0.3, 0.4) is 0 Å². The average Bonchev–Trinajstić information content (AvgIpc) is 2.31. The minimum atomic E-state index is -0.412. The number of pyridine rings is 1. The van der Waals surface area contributed by atoms with E-state index in [4.69, 9.17) is 0 Å². The molecule has 1 aromatic rings. The van der Waals surface area contributed by atoms with Gasteiger partial charge in [-0.25, -0.2) is 4.98 Å². The van der Waals surface area contributed by atoms with E-state index < -0.39 is 5.91 Å². The van der Waals surface area contributed by atoms with Gasteiger partial charge in [0, 0.05) is 12.7 Å². The van der Waals surface area contributed by atoms with Crippen LogP contribution >= 0.6 is 0 Å². The first-order valence-electron chi connectivity index (χ1n) is 4.97. The van der Waals surface area contributed by atoms with Gasteiger partial charge in [-0.3, -0.25) is 9.59 Å². The second kappa shape index (κ2) is 5.74. The molecule has 0 aliphatic carbocycles. The van der Waals surface area contributed by atoms with Crippen molar-refractivity contribution in [2.24, 2.45) is 0 Å². The zero-order valence-corrected chi connectivity index (χ0v) is 9.64. The molecule has 0 atom stereocenters. The maximum atomic E-state index is 11.9. The Morgan fingerprint density at radius 3 is 2.76 bits per heavy atom. The van der Waals surface area contributed by atoms with Gasteiger partial charge in [0.25, 0.3) is 5.91 Å². The maximum Gasteiger partial charge on any atom is 0.274 e. The molecule has 90 valence electrons. The highest BCUT2D eigenvalue weighted by Gasteiger charge is 2.17. The summed E-state index contributed by atoms with van der Waals surface area (Å²) in [6, 6.07) is 3.28. The normalized spacial score (nSPS) is 9.53. The molecule has 0 bridgehead atoms. The van der Waals surface area contributed by atoms with E-state index in [9.17, 15) is 14.4 Å². The second-order valence-electron chi connectivity index (χ2n) is 3.46. The molecule has 0 fully saturated rings. The number of aromatic nitrogens is 1. The Labute approximate surface area is 98.6 Å². The average molecular weight is 235 g/mol. The quantitative estimate of drug-likeness (QED) is 0.741. The number of nitrogens with one attached hydrogen (secondary N) is 1. The van der Waals surface area contributed by atoms with Gasteiger partial charge in [0.15, 0.2) is 5.69 Å². The Morgan fingerprint density at radius 2 is 2.18 bits per heavy atom. The number of aryl methyl sites for hydroxylation is 1. The summed E-state index contributed by atoms with van der Waals surface area (Å²) < 4.78 is 0. The van der Waals surface area contributed by atoms with Crippen molar-refractivity contribution >= 4 is 24.3 Å². The molecule has 0 aliphatic heterocycles. The standard InChI is InChI=1S/C11H13N3O3/c1-8-3-4-9(12-7-16)10(13-8)11(17)14(2)5-6-15/h3-4,6-7H,5H2,1-2H3,(H,12,16). The molecule has 0 aliphatic rings. The van der Waals surface area contributed by atoms with E-state index >= 15 is 0 Å². The fraction of sp³-hybridized carbons (Fsp3) is 0.273. The number of aldehydes is 1. The highest BCUT2D eigenvalue weighted by molar-refractivity contribution is 5.99. The first-order chi connectivity index (χ1) is 8.10. The van der Waals surface area contributed by atoms with Crippen molar-refractivity contribution in [3.63, 3.8) is 0 Å². The third kappa shape index (κ3) is 3.10. The van der Waals surface area contributed by atoms with Crippen LogP contribution in [-0.4, -0.2) is 42.1 Å². The number of rotatable bonds is 5. The zero-order chi connectivity index (χ0) is 12.8. The monoisotopic (exact) mass is 235 g/mol. The molecule has 1 heterocycles. The Balaban J connectivity index is 3.09. The highest BCUT2D eigenvalue weighted by Crippen LogP contribution is 2.14. The topological polar surface area (TPSA) is 79.4 Å². The van der Waals surface area contributed by atoms with Crippen molar-refractivity contribution in [3.8, 4) is 0 Å². The smallest absolute Gasteiger partial charge is 0.274 e. The lowest BCUT2D eigenvalue weighted by molar-refractivity contribution is -0.108. The van der Waals surface area contributed by atoms with E-state index in [-0.39, 0.29) is 12.2 Å². The van der Waals surface area contributed by atoms with Gasteiger partial charge >= 0.3 is 0 Å². The van der Waals surface area contributed by atoms with Crippen LogP contribution in [0.15, 0.2) is 12.1 Å². The minimum Gasteiger partial charge on any atom is -0.333 e. The lowest BCUT2D eigenvalue weighted by Crippen LogP contribution is -2.30. The molecule has 0 radical (unpaired) electrons. The summed E-state index contributed by atoms with van der Waals surface area (Å²) in [6.07, 6.45) is 1.10. The predicted octanol–water partition coefficient (Wildman–Crippen LogP) is 0.229. The van der Waals surface area contributed by atoms with Gasteiger partial charge in [-0.05, 0) is 19.1 Å². The van der Waals surface area contributed by atoms with Crippen LogP contribution in [0.2, 0.25) is 0 Å². The fourth-order valence-electron chi connectivity index (χ4n) is 1.28. The van der Waals surface area contributed by atoms with Crippen LogP contribution in [0.25, 0.3) is 0 Å². The summed E-state index contributed by atoms with van der Waals surface area (Å²) >= 11 is 0. The van der Waals surface area contributed by atoms with Gasteiger partial charge in [0.05, 0.1) is 12.2 Å². The fourth-order valence-corrected chi connectivity index (χ4v) is 1.28. The number of anilines is 1. The molecule has 1 N–H and O–H groups in total. The van der Waals surface area contributed by atoms with Crippen molar-refractivity contribution < 1.29 is 14.4 Å². The highest BCUT2D eigenvalue weighted by atomic mass is 16.2. The van der Waals surface area contributed by atoms with Gasteiger partial charge in [-0.1, -0.05) is 0 Å². The summed E-state index contributed by atoms with van der Waals surface area (Å²) in [5.41, 5.74) is 1.11. The molecular weight excluding hydrogens is 222 g/mol. The molecule has 2 amide bonds. The molecule has 0 saturated carbocycles. The van der Waals surface area contributed by atoms with Crippen LogP contribution in [0, 0.1) is 6.92 Å². The van der Waals surface area contributed by atoms with E-state index in [1.807, 2.05) is 0 Å². The molecule has 0 unspecified atom stereocenters. The van der Waals surface area contributed by atoms with Gasteiger partial charge in [-0.2, -0.15) is 0 Å². The van der Waals surface area contributed by atoms with Crippen molar-refractivity contribution in [1.29, 1.82) is 0 Å². The second-order valence-corrected chi connectivity index (χ2v) is 3.46. The number of nitrogens with zero attached hydrogens (tertiary/aromatic N) is 2. The van der Waals surface area contributed by atoms with E-state index in [0.29, 0.717) is 24.1 Å². The Kier molecular flexibility index (Phi) is 4.33. The first-order valence-corrected chi connectivity index (χ1v) is 4.97. The Morgan fingerprint density at radius 1 is 1.47 bits per heavy atom. The zero-order valence-electron chi connectivity index (χ0n) is 9.64. The van der Waals surface area contributed by atoms with Gasteiger partial charge < -0.3 is 15.0 Å². The molecule has 17 heavy (non-hydrogen) atoms. The summed E-state index contributed by atoms with van der Waals surface area (Å²) in [7, 11) is 1.49. The third-order valence-electron chi connectivity index (χ3n) is 2.15. The number of hydrogen-bond acceptors (Lipinski definition) is 4. The Hall–Kier alpha value is -2.24. The number of carbonyl (C=O) groups excluding carboxylic acids is 3. The predicted molar refractivity (Wildman–Crippen MR) is 61.7 cm³/mol. The number of hydrogen-bond donors (Lipinski definition) is 1. The Bertz CT molecular complexity index is 446. The SMILES string of the molecule is Cc1ccc(NC=O)c(C(=O)N(C)CC=O)n1. The van der Waals surface area contributed by atoms with Crippen LogP contribution in [-0.2, 0) is 9.59 Å². The van der Waals surface area contributed by atoms with Gasteiger partial charge in [0.2, 0.25) is 6.41 Å². The molecule has 0 aromatic carbocycles. The largest absolute Gasteiger partial charge is 0.333 e. The van der Waals surface area contributed by atoms with Gasteiger partial charge in [-0.15, -0.1) is 0 Å². The van der Waals surface area contributed by atoms with Crippen LogP contribution in [0.1, 0.15) is 16.2 Å². The van der Waals surface area contributed by atoms with E-state index in [0.717, 1.165) is 0 Å². The van der Waals surface area contributed by atoms with Crippen molar-refractivity contribution in [3.05, 3.63) is 23.5 Å².